The van der Waals surface area contributed by atoms with Crippen LogP contribution in [-0.2, 0) is 9.59 Å². The van der Waals surface area contributed by atoms with Gasteiger partial charge in [-0.1, -0.05) is 44.2 Å². The second kappa shape index (κ2) is 8.46. The predicted octanol–water partition coefficient (Wildman–Crippen LogP) is 3.71. The van der Waals surface area contributed by atoms with E-state index in [1.165, 1.54) is 5.56 Å². The Hall–Kier alpha value is -2.82. The summed E-state index contributed by atoms with van der Waals surface area (Å²) in [5.74, 6) is -0.745. The van der Waals surface area contributed by atoms with Crippen molar-refractivity contribution in [3.63, 3.8) is 0 Å². The molecule has 1 heterocycles. The molecule has 0 spiro atoms. The van der Waals surface area contributed by atoms with Crippen LogP contribution in [0.2, 0.25) is 0 Å². The van der Waals surface area contributed by atoms with E-state index in [1.807, 2.05) is 31.2 Å². The lowest BCUT2D eigenvalue weighted by molar-refractivity contribution is -0.143. The van der Waals surface area contributed by atoms with Crippen LogP contribution in [0.25, 0.3) is 0 Å². The first-order chi connectivity index (χ1) is 13.4. The van der Waals surface area contributed by atoms with Gasteiger partial charge in [0.15, 0.2) is 0 Å². The summed E-state index contributed by atoms with van der Waals surface area (Å²) in [6.07, 6.45) is 0. The maximum Gasteiger partial charge on any atom is 0.313 e. The van der Waals surface area contributed by atoms with Crippen LogP contribution in [0.5, 0.6) is 0 Å². The van der Waals surface area contributed by atoms with Gasteiger partial charge in [-0.15, -0.1) is 0 Å². The number of nitrogens with zero attached hydrogens (tertiary/aromatic N) is 2. The smallest absolute Gasteiger partial charge is 0.313 e. The van der Waals surface area contributed by atoms with Gasteiger partial charge in [0, 0.05) is 37.6 Å². The van der Waals surface area contributed by atoms with E-state index in [-0.39, 0.29) is 5.92 Å². The monoisotopic (exact) mass is 379 g/mol. The molecule has 1 N–H and O–H groups in total. The molecule has 2 aromatic carbocycles. The SMILES string of the molecule is Cc1cccc(N2CCN(C(=O)C(=O)Nc3c(C)cccc3C(C)C)CC2)c1. The van der Waals surface area contributed by atoms with Crippen molar-refractivity contribution in [1.82, 2.24) is 4.90 Å². The molecule has 0 aromatic heterocycles. The molecule has 148 valence electrons. The summed E-state index contributed by atoms with van der Waals surface area (Å²) in [4.78, 5) is 29.2. The second-order valence-electron chi connectivity index (χ2n) is 7.77. The zero-order chi connectivity index (χ0) is 20.3. The van der Waals surface area contributed by atoms with Crippen LogP contribution in [-0.4, -0.2) is 42.9 Å². The Labute approximate surface area is 167 Å². The Balaban J connectivity index is 1.63. The Morgan fingerprint density at radius 3 is 2.29 bits per heavy atom. The number of hydrogen-bond donors (Lipinski definition) is 1. The third-order valence-corrected chi connectivity index (χ3v) is 5.29. The predicted molar refractivity (Wildman–Crippen MR) is 114 cm³/mol. The van der Waals surface area contributed by atoms with E-state index in [0.717, 1.165) is 35.6 Å². The number of nitrogens with one attached hydrogen (secondary N) is 1. The standard InChI is InChI=1S/C23H29N3O2/c1-16(2)20-10-6-8-18(4)21(20)24-22(27)23(28)26-13-11-25(12-14-26)19-9-5-7-17(3)15-19/h5-10,15-16H,11-14H2,1-4H3,(H,24,27). The molecule has 0 bridgehead atoms. The maximum atomic E-state index is 12.7. The highest BCUT2D eigenvalue weighted by atomic mass is 16.2. The molecule has 5 heteroatoms. The average Bonchev–Trinajstić information content (AvgIpc) is 2.68. The van der Waals surface area contributed by atoms with Gasteiger partial charge in [-0.05, 0) is 48.6 Å². The van der Waals surface area contributed by atoms with Crippen molar-refractivity contribution in [2.45, 2.75) is 33.6 Å². The molecule has 28 heavy (non-hydrogen) atoms. The minimum absolute atomic E-state index is 0.267. The van der Waals surface area contributed by atoms with Crippen molar-refractivity contribution >= 4 is 23.2 Å². The average molecular weight is 380 g/mol. The fourth-order valence-corrected chi connectivity index (χ4v) is 3.65. The molecule has 3 rings (SSSR count). The molecular formula is C23H29N3O2. The van der Waals surface area contributed by atoms with Crippen molar-refractivity contribution in [2.75, 3.05) is 36.4 Å². The summed E-state index contributed by atoms with van der Waals surface area (Å²) in [6.45, 7) is 10.7. The highest BCUT2D eigenvalue weighted by Gasteiger charge is 2.27. The molecular weight excluding hydrogens is 350 g/mol. The summed E-state index contributed by atoms with van der Waals surface area (Å²) in [5.41, 5.74) is 5.16. The Kier molecular flexibility index (Phi) is 6.02. The number of benzene rings is 2. The molecule has 1 saturated heterocycles. The van der Waals surface area contributed by atoms with Gasteiger partial charge in [0.25, 0.3) is 0 Å². The molecule has 1 aliphatic heterocycles. The summed E-state index contributed by atoms with van der Waals surface area (Å²) in [7, 11) is 0. The number of piperazine rings is 1. The topological polar surface area (TPSA) is 52.7 Å². The van der Waals surface area contributed by atoms with E-state index in [0.29, 0.717) is 13.1 Å². The molecule has 0 atom stereocenters. The Morgan fingerprint density at radius 1 is 0.964 bits per heavy atom. The molecule has 1 fully saturated rings. The fraction of sp³-hybridized carbons (Fsp3) is 0.391. The third-order valence-electron chi connectivity index (χ3n) is 5.29. The number of hydrogen-bond acceptors (Lipinski definition) is 3. The molecule has 0 unspecified atom stereocenters. The lowest BCUT2D eigenvalue weighted by Gasteiger charge is -2.36. The summed E-state index contributed by atoms with van der Waals surface area (Å²) in [5, 5.41) is 2.86. The van der Waals surface area contributed by atoms with Crippen LogP contribution in [0, 0.1) is 13.8 Å². The van der Waals surface area contributed by atoms with Gasteiger partial charge < -0.3 is 15.1 Å². The fourth-order valence-electron chi connectivity index (χ4n) is 3.65. The summed E-state index contributed by atoms with van der Waals surface area (Å²) >= 11 is 0. The van der Waals surface area contributed by atoms with Gasteiger partial charge in [0.1, 0.15) is 0 Å². The minimum atomic E-state index is -0.555. The van der Waals surface area contributed by atoms with Gasteiger partial charge >= 0.3 is 11.8 Å². The summed E-state index contributed by atoms with van der Waals surface area (Å²) in [6, 6.07) is 14.3. The lowest BCUT2D eigenvalue weighted by Crippen LogP contribution is -2.51. The minimum Gasteiger partial charge on any atom is -0.368 e. The van der Waals surface area contributed by atoms with Crippen LogP contribution in [0.1, 0.15) is 36.5 Å². The first kappa shape index (κ1) is 19.9. The zero-order valence-corrected chi connectivity index (χ0v) is 17.2. The molecule has 0 aliphatic carbocycles. The van der Waals surface area contributed by atoms with Crippen LogP contribution < -0.4 is 10.2 Å². The number of carbonyl (C=O) groups excluding carboxylic acids is 2. The van der Waals surface area contributed by atoms with Crippen LogP contribution >= 0.6 is 0 Å². The van der Waals surface area contributed by atoms with E-state index in [4.69, 9.17) is 0 Å². The molecule has 1 aliphatic rings. The van der Waals surface area contributed by atoms with Crippen LogP contribution in [0.15, 0.2) is 42.5 Å². The van der Waals surface area contributed by atoms with Crippen molar-refractivity contribution < 1.29 is 9.59 Å². The zero-order valence-electron chi connectivity index (χ0n) is 17.2. The van der Waals surface area contributed by atoms with E-state index in [2.05, 4.69) is 49.2 Å². The molecule has 2 amide bonds. The van der Waals surface area contributed by atoms with E-state index < -0.39 is 11.8 Å². The Morgan fingerprint density at radius 2 is 1.64 bits per heavy atom. The highest BCUT2D eigenvalue weighted by molar-refractivity contribution is 6.39. The van der Waals surface area contributed by atoms with Crippen LogP contribution in [0.3, 0.4) is 0 Å². The van der Waals surface area contributed by atoms with Crippen molar-refractivity contribution in [3.05, 3.63) is 59.2 Å². The van der Waals surface area contributed by atoms with Crippen molar-refractivity contribution in [1.29, 1.82) is 0 Å². The molecule has 5 nitrogen and oxygen atoms in total. The second-order valence-corrected chi connectivity index (χ2v) is 7.77. The van der Waals surface area contributed by atoms with Gasteiger partial charge in [0.05, 0.1) is 0 Å². The van der Waals surface area contributed by atoms with Crippen LogP contribution in [0.4, 0.5) is 11.4 Å². The van der Waals surface area contributed by atoms with Gasteiger partial charge in [0.2, 0.25) is 0 Å². The number of para-hydroxylation sites is 1. The molecule has 0 radical (unpaired) electrons. The number of amides is 2. The number of anilines is 2. The first-order valence-electron chi connectivity index (χ1n) is 9.88. The lowest BCUT2D eigenvalue weighted by atomic mass is 9.98. The largest absolute Gasteiger partial charge is 0.368 e. The van der Waals surface area contributed by atoms with E-state index >= 15 is 0 Å². The third kappa shape index (κ3) is 4.35. The Bertz CT molecular complexity index is 868. The van der Waals surface area contributed by atoms with Gasteiger partial charge in [-0.2, -0.15) is 0 Å². The number of aryl methyl sites for hydroxylation is 2. The van der Waals surface area contributed by atoms with E-state index in [9.17, 15) is 9.59 Å². The maximum absolute atomic E-state index is 12.7. The first-order valence-corrected chi connectivity index (χ1v) is 9.88. The molecule has 2 aromatic rings. The number of rotatable bonds is 3. The van der Waals surface area contributed by atoms with Crippen molar-refractivity contribution in [2.24, 2.45) is 0 Å². The quantitative estimate of drug-likeness (QED) is 0.827. The van der Waals surface area contributed by atoms with Gasteiger partial charge in [-0.25, -0.2) is 0 Å². The number of carbonyl (C=O) groups is 2. The van der Waals surface area contributed by atoms with Crippen molar-refractivity contribution in [3.8, 4) is 0 Å². The molecule has 0 saturated carbocycles. The highest BCUT2D eigenvalue weighted by Crippen LogP contribution is 2.27. The van der Waals surface area contributed by atoms with E-state index in [1.54, 1.807) is 4.90 Å². The van der Waals surface area contributed by atoms with Gasteiger partial charge in [-0.3, -0.25) is 9.59 Å². The normalized spacial score (nSPS) is 14.3. The summed E-state index contributed by atoms with van der Waals surface area (Å²) < 4.78 is 0.